The topological polar surface area (TPSA) is 73.4 Å². The summed E-state index contributed by atoms with van der Waals surface area (Å²) in [6.07, 6.45) is 0. The number of benzene rings is 1. The molecule has 0 saturated carbocycles. The van der Waals surface area contributed by atoms with Crippen molar-refractivity contribution < 1.29 is 9.32 Å². The highest BCUT2D eigenvalue weighted by atomic mass is 16.5. The Bertz CT molecular complexity index is 831. The molecule has 2 aromatic rings. The van der Waals surface area contributed by atoms with E-state index in [2.05, 4.69) is 23.0 Å². The van der Waals surface area contributed by atoms with E-state index in [9.17, 15) is 4.79 Å². The Morgan fingerprint density at radius 2 is 2.04 bits per heavy atom. The first-order valence-corrected chi connectivity index (χ1v) is 9.35. The molecule has 27 heavy (non-hydrogen) atoms. The fraction of sp³-hybridized carbons (Fsp3) is 0.476. The lowest BCUT2D eigenvalue weighted by atomic mass is 9.96. The van der Waals surface area contributed by atoms with Crippen LogP contribution in [0.15, 0.2) is 28.8 Å². The van der Waals surface area contributed by atoms with Gasteiger partial charge >= 0.3 is 0 Å². The van der Waals surface area contributed by atoms with E-state index in [1.54, 1.807) is 0 Å². The molecule has 2 atom stereocenters. The van der Waals surface area contributed by atoms with Gasteiger partial charge < -0.3 is 9.42 Å². The highest BCUT2D eigenvalue weighted by Crippen LogP contribution is 2.26. The molecule has 0 aliphatic carbocycles. The molecule has 0 radical (unpaired) electrons. The summed E-state index contributed by atoms with van der Waals surface area (Å²) in [7, 11) is 0. The van der Waals surface area contributed by atoms with E-state index in [1.165, 1.54) is 5.56 Å². The van der Waals surface area contributed by atoms with Crippen molar-refractivity contribution in [2.45, 2.75) is 46.2 Å². The lowest BCUT2D eigenvalue weighted by Gasteiger charge is -2.41. The quantitative estimate of drug-likeness (QED) is 0.832. The normalized spacial score (nSPS) is 18.9. The zero-order valence-corrected chi connectivity index (χ0v) is 16.4. The molecule has 142 valence electrons. The van der Waals surface area contributed by atoms with Crippen molar-refractivity contribution in [3.63, 3.8) is 0 Å². The number of aryl methyl sites for hydroxylation is 2. The summed E-state index contributed by atoms with van der Waals surface area (Å²) >= 11 is 0. The minimum Gasteiger partial charge on any atom is -0.361 e. The number of hydrogen-bond donors (Lipinski definition) is 0. The van der Waals surface area contributed by atoms with Crippen LogP contribution in [-0.4, -0.2) is 46.5 Å². The summed E-state index contributed by atoms with van der Waals surface area (Å²) < 4.78 is 5.23. The first kappa shape index (κ1) is 19.1. The summed E-state index contributed by atoms with van der Waals surface area (Å²) in [5.74, 6) is 0.610. The Labute approximate surface area is 160 Å². The zero-order valence-electron chi connectivity index (χ0n) is 16.4. The van der Waals surface area contributed by atoms with Gasteiger partial charge in [-0.3, -0.25) is 9.69 Å². The maximum Gasteiger partial charge on any atom is 0.230 e. The number of aromatic nitrogens is 1. The molecule has 6 nitrogen and oxygen atoms in total. The van der Waals surface area contributed by atoms with Crippen LogP contribution in [0, 0.1) is 25.2 Å². The van der Waals surface area contributed by atoms with Crippen LogP contribution in [0.1, 0.15) is 47.9 Å². The highest BCUT2D eigenvalue weighted by Gasteiger charge is 2.32. The van der Waals surface area contributed by atoms with Crippen LogP contribution in [0.4, 0.5) is 0 Å². The zero-order chi connectivity index (χ0) is 19.6. The van der Waals surface area contributed by atoms with Crippen molar-refractivity contribution in [1.82, 2.24) is 15.0 Å². The van der Waals surface area contributed by atoms with E-state index in [0.717, 1.165) is 36.7 Å². The molecule has 1 aromatic heterocycles. The van der Waals surface area contributed by atoms with Gasteiger partial charge in [0.15, 0.2) is 0 Å². The van der Waals surface area contributed by atoms with E-state index in [-0.39, 0.29) is 17.9 Å². The highest BCUT2D eigenvalue weighted by molar-refractivity contribution is 5.84. The second-order valence-corrected chi connectivity index (χ2v) is 7.38. The summed E-state index contributed by atoms with van der Waals surface area (Å²) in [4.78, 5) is 17.4. The minimum absolute atomic E-state index is 0.134. The van der Waals surface area contributed by atoms with Gasteiger partial charge in [0.2, 0.25) is 5.91 Å². The average Bonchev–Trinajstić information content (AvgIpc) is 3.00. The molecule has 1 saturated heterocycles. The minimum atomic E-state index is -0.247. The summed E-state index contributed by atoms with van der Waals surface area (Å²) in [5.41, 5.74) is 3.56. The average molecular weight is 366 g/mol. The van der Waals surface area contributed by atoms with Crippen molar-refractivity contribution in [3.8, 4) is 6.07 Å². The van der Waals surface area contributed by atoms with Crippen LogP contribution in [0.25, 0.3) is 0 Å². The second kappa shape index (κ2) is 7.93. The number of amides is 1. The van der Waals surface area contributed by atoms with Crippen LogP contribution >= 0.6 is 0 Å². The van der Waals surface area contributed by atoms with Crippen molar-refractivity contribution in [1.29, 1.82) is 5.26 Å². The monoisotopic (exact) mass is 366 g/mol. The molecule has 0 N–H and O–H groups in total. The maximum atomic E-state index is 13.1. The van der Waals surface area contributed by atoms with Gasteiger partial charge in [-0.15, -0.1) is 0 Å². The molecule has 6 heteroatoms. The Kier molecular flexibility index (Phi) is 5.62. The molecule has 1 aromatic carbocycles. The predicted octanol–water partition coefficient (Wildman–Crippen LogP) is 3.00. The maximum absolute atomic E-state index is 13.1. The molecular formula is C21H26N4O2. The van der Waals surface area contributed by atoms with Gasteiger partial charge in [-0.1, -0.05) is 17.3 Å². The molecule has 1 aliphatic rings. The first-order valence-electron chi connectivity index (χ1n) is 9.35. The van der Waals surface area contributed by atoms with Crippen LogP contribution in [0.2, 0.25) is 0 Å². The third-order valence-corrected chi connectivity index (χ3v) is 5.38. The number of piperazine rings is 1. The van der Waals surface area contributed by atoms with Crippen molar-refractivity contribution >= 4 is 5.91 Å². The summed E-state index contributed by atoms with van der Waals surface area (Å²) in [6, 6.07) is 9.99. The number of nitriles is 1. The molecule has 1 fully saturated rings. The van der Waals surface area contributed by atoms with E-state index in [4.69, 9.17) is 9.78 Å². The van der Waals surface area contributed by atoms with Gasteiger partial charge in [-0.2, -0.15) is 5.26 Å². The standard InChI is InChI=1S/C21H26N4O2/c1-14-12-24(13-19-7-5-18(11-22)6-8-19)9-10-25(14)21(26)15(2)20-16(3)23-27-17(20)4/h5-8,14-15H,9-10,12-13H2,1-4H3/t14-,15-/m0/s1. The number of carbonyl (C=O) groups is 1. The van der Waals surface area contributed by atoms with Crippen LogP contribution in [0.3, 0.4) is 0 Å². The van der Waals surface area contributed by atoms with Gasteiger partial charge in [0, 0.05) is 37.8 Å². The van der Waals surface area contributed by atoms with Gasteiger partial charge in [-0.05, 0) is 45.4 Å². The third-order valence-electron chi connectivity index (χ3n) is 5.38. The molecule has 0 unspecified atom stereocenters. The Morgan fingerprint density at radius 1 is 1.33 bits per heavy atom. The SMILES string of the molecule is Cc1noc(C)c1[C@H](C)C(=O)N1CCN(Cc2ccc(C#N)cc2)C[C@@H]1C. The summed E-state index contributed by atoms with van der Waals surface area (Å²) in [6.45, 7) is 11.0. The van der Waals surface area contributed by atoms with Gasteiger partial charge in [0.1, 0.15) is 5.76 Å². The van der Waals surface area contributed by atoms with Crippen LogP contribution in [-0.2, 0) is 11.3 Å². The number of hydrogen-bond acceptors (Lipinski definition) is 5. The van der Waals surface area contributed by atoms with Gasteiger partial charge in [0.25, 0.3) is 0 Å². The number of nitrogens with zero attached hydrogens (tertiary/aromatic N) is 4. The molecule has 3 rings (SSSR count). The largest absolute Gasteiger partial charge is 0.361 e. The first-order chi connectivity index (χ1) is 12.9. The Hall–Kier alpha value is -2.65. The molecule has 0 bridgehead atoms. The number of rotatable bonds is 4. The molecule has 1 aliphatic heterocycles. The summed E-state index contributed by atoms with van der Waals surface area (Å²) in [5, 5.41) is 12.9. The van der Waals surface area contributed by atoms with Crippen molar-refractivity contribution in [3.05, 3.63) is 52.4 Å². The lowest BCUT2D eigenvalue weighted by Crippen LogP contribution is -2.54. The van der Waals surface area contributed by atoms with Crippen LogP contribution in [0.5, 0.6) is 0 Å². The third kappa shape index (κ3) is 4.04. The molecule has 0 spiro atoms. The van der Waals surface area contributed by atoms with E-state index < -0.39 is 0 Å². The van der Waals surface area contributed by atoms with E-state index >= 15 is 0 Å². The van der Waals surface area contributed by atoms with E-state index in [0.29, 0.717) is 12.1 Å². The Balaban J connectivity index is 1.62. The predicted molar refractivity (Wildman–Crippen MR) is 102 cm³/mol. The fourth-order valence-corrected chi connectivity index (χ4v) is 3.93. The van der Waals surface area contributed by atoms with Crippen LogP contribution < -0.4 is 0 Å². The number of carbonyl (C=O) groups excluding carboxylic acids is 1. The fourth-order valence-electron chi connectivity index (χ4n) is 3.93. The van der Waals surface area contributed by atoms with E-state index in [1.807, 2.05) is 49.9 Å². The van der Waals surface area contributed by atoms with Gasteiger partial charge in [0.05, 0.1) is 23.2 Å². The second-order valence-electron chi connectivity index (χ2n) is 7.38. The lowest BCUT2D eigenvalue weighted by molar-refractivity contribution is -0.137. The van der Waals surface area contributed by atoms with Gasteiger partial charge in [-0.25, -0.2) is 0 Å². The van der Waals surface area contributed by atoms with Crippen molar-refractivity contribution in [2.24, 2.45) is 0 Å². The molecule has 1 amide bonds. The smallest absolute Gasteiger partial charge is 0.230 e. The van der Waals surface area contributed by atoms with Crippen molar-refractivity contribution in [2.75, 3.05) is 19.6 Å². The molecule has 2 heterocycles. The Morgan fingerprint density at radius 3 is 2.59 bits per heavy atom. The molecular weight excluding hydrogens is 340 g/mol.